The minimum absolute atomic E-state index is 0.0161. The Kier molecular flexibility index (Phi) is 6.94. The van der Waals surface area contributed by atoms with Crippen LogP contribution in [0.4, 0.5) is 11.4 Å². The maximum absolute atomic E-state index is 13.4. The number of nitrogens with two attached hydrogens (primary N) is 1. The van der Waals surface area contributed by atoms with E-state index in [9.17, 15) is 13.2 Å². The molecule has 3 aromatic rings. The van der Waals surface area contributed by atoms with Crippen LogP contribution in [0.25, 0.3) is 0 Å². The van der Waals surface area contributed by atoms with Crippen molar-refractivity contribution in [2.45, 2.75) is 16.7 Å². The highest BCUT2D eigenvalue weighted by molar-refractivity contribution is 7.91. The number of para-hydroxylation sites is 2. The molecule has 31 heavy (non-hydrogen) atoms. The van der Waals surface area contributed by atoms with Crippen LogP contribution in [0.1, 0.15) is 15.9 Å². The third-order valence-electron chi connectivity index (χ3n) is 4.69. The smallest absolute Gasteiger partial charge is 0.259 e. The van der Waals surface area contributed by atoms with Gasteiger partial charge in [0.2, 0.25) is 9.84 Å². The molecule has 7 nitrogen and oxygen atoms in total. The molecule has 0 aliphatic rings. The fourth-order valence-corrected chi connectivity index (χ4v) is 4.60. The van der Waals surface area contributed by atoms with Gasteiger partial charge in [-0.3, -0.25) is 4.79 Å². The summed E-state index contributed by atoms with van der Waals surface area (Å²) in [6.07, 6.45) is 0. The Morgan fingerprint density at radius 2 is 1.65 bits per heavy atom. The molecule has 0 unspecified atom stereocenters. The normalized spacial score (nSPS) is 11.1. The van der Waals surface area contributed by atoms with Crippen LogP contribution in [-0.2, 0) is 9.84 Å². The highest BCUT2D eigenvalue weighted by atomic mass is 32.2. The van der Waals surface area contributed by atoms with Gasteiger partial charge in [-0.05, 0) is 43.3 Å². The largest absolute Gasteiger partial charge is 0.495 e. The Labute approximate surface area is 182 Å². The Hall–Kier alpha value is -3.36. The van der Waals surface area contributed by atoms with Gasteiger partial charge in [-0.2, -0.15) is 0 Å². The van der Waals surface area contributed by atoms with Crippen LogP contribution in [0.3, 0.4) is 0 Å². The summed E-state index contributed by atoms with van der Waals surface area (Å²) in [5.41, 5.74) is 7.36. The molecule has 0 saturated carbocycles. The molecule has 0 atom stereocenters. The summed E-state index contributed by atoms with van der Waals surface area (Å²) in [4.78, 5) is 13.3. The number of benzene rings is 3. The van der Waals surface area contributed by atoms with Crippen LogP contribution in [0, 0.1) is 6.92 Å². The second kappa shape index (κ2) is 9.63. The zero-order chi connectivity index (χ0) is 22.4. The molecule has 0 fully saturated rings. The van der Waals surface area contributed by atoms with E-state index in [2.05, 4.69) is 10.6 Å². The lowest BCUT2D eigenvalue weighted by atomic mass is 10.1. The number of amides is 1. The Morgan fingerprint density at radius 1 is 0.968 bits per heavy atom. The zero-order valence-corrected chi connectivity index (χ0v) is 18.2. The van der Waals surface area contributed by atoms with Crippen molar-refractivity contribution in [1.82, 2.24) is 0 Å². The van der Waals surface area contributed by atoms with E-state index in [1.807, 2.05) is 6.92 Å². The van der Waals surface area contributed by atoms with Gasteiger partial charge in [0.25, 0.3) is 5.91 Å². The lowest BCUT2D eigenvalue weighted by Gasteiger charge is -2.17. The van der Waals surface area contributed by atoms with E-state index in [0.29, 0.717) is 30.2 Å². The molecule has 3 aromatic carbocycles. The first-order valence-corrected chi connectivity index (χ1v) is 11.2. The molecule has 162 valence electrons. The van der Waals surface area contributed by atoms with Gasteiger partial charge < -0.3 is 21.1 Å². The first-order chi connectivity index (χ1) is 14.9. The molecule has 0 bridgehead atoms. The molecule has 0 aliphatic heterocycles. The van der Waals surface area contributed by atoms with Crippen molar-refractivity contribution in [1.29, 1.82) is 0 Å². The summed E-state index contributed by atoms with van der Waals surface area (Å²) in [6, 6.07) is 18.1. The minimum Gasteiger partial charge on any atom is -0.495 e. The van der Waals surface area contributed by atoms with Crippen LogP contribution in [0.5, 0.6) is 5.75 Å². The maximum atomic E-state index is 13.4. The van der Waals surface area contributed by atoms with Crippen molar-refractivity contribution in [2.24, 2.45) is 5.73 Å². The summed E-state index contributed by atoms with van der Waals surface area (Å²) in [5.74, 6) is -0.110. The van der Waals surface area contributed by atoms with Crippen LogP contribution in [-0.4, -0.2) is 34.5 Å². The van der Waals surface area contributed by atoms with E-state index < -0.39 is 15.7 Å². The zero-order valence-electron chi connectivity index (χ0n) is 17.4. The quantitative estimate of drug-likeness (QED) is 0.496. The summed E-state index contributed by atoms with van der Waals surface area (Å²) in [7, 11) is -2.46. The van der Waals surface area contributed by atoms with Crippen molar-refractivity contribution in [3.63, 3.8) is 0 Å². The predicted octanol–water partition coefficient (Wildman–Crippen LogP) is 3.46. The molecule has 0 aromatic heterocycles. The van der Waals surface area contributed by atoms with Crippen LogP contribution in [0.15, 0.2) is 76.5 Å². The van der Waals surface area contributed by atoms with Crippen molar-refractivity contribution in [3.8, 4) is 5.75 Å². The van der Waals surface area contributed by atoms with Crippen molar-refractivity contribution < 1.29 is 17.9 Å². The van der Waals surface area contributed by atoms with Gasteiger partial charge in [-0.15, -0.1) is 0 Å². The Balaban J connectivity index is 2.12. The molecule has 0 radical (unpaired) electrons. The van der Waals surface area contributed by atoms with Gasteiger partial charge >= 0.3 is 0 Å². The number of ether oxygens (including phenoxy) is 1. The number of nitrogens with one attached hydrogen (secondary N) is 2. The van der Waals surface area contributed by atoms with Gasteiger partial charge in [0.15, 0.2) is 0 Å². The van der Waals surface area contributed by atoms with Crippen molar-refractivity contribution in [2.75, 3.05) is 30.8 Å². The first-order valence-electron chi connectivity index (χ1n) is 9.71. The maximum Gasteiger partial charge on any atom is 0.259 e. The molecule has 0 spiro atoms. The van der Waals surface area contributed by atoms with E-state index >= 15 is 0 Å². The number of hydrogen-bond acceptors (Lipinski definition) is 6. The number of methoxy groups -OCH3 is 1. The molecule has 3 rings (SSSR count). The highest BCUT2D eigenvalue weighted by Gasteiger charge is 2.27. The predicted molar refractivity (Wildman–Crippen MR) is 122 cm³/mol. The van der Waals surface area contributed by atoms with Crippen LogP contribution in [0.2, 0.25) is 0 Å². The number of carbonyl (C=O) groups is 1. The van der Waals surface area contributed by atoms with Crippen molar-refractivity contribution >= 4 is 27.1 Å². The van der Waals surface area contributed by atoms with E-state index in [-0.39, 0.29) is 15.4 Å². The van der Waals surface area contributed by atoms with Gasteiger partial charge in [0.1, 0.15) is 5.75 Å². The van der Waals surface area contributed by atoms with E-state index in [1.165, 1.54) is 25.3 Å². The second-order valence-corrected chi connectivity index (χ2v) is 8.78. The molecular weight excluding hydrogens is 414 g/mol. The summed E-state index contributed by atoms with van der Waals surface area (Å²) in [6.45, 7) is 2.57. The monoisotopic (exact) mass is 439 g/mol. The SMILES string of the molecule is COc1ccccc1NC(=O)c1c(NCCN)cccc1S(=O)(=O)c1ccc(C)cc1. The lowest BCUT2D eigenvalue weighted by molar-refractivity contribution is 0.102. The Morgan fingerprint density at radius 3 is 2.32 bits per heavy atom. The second-order valence-electron chi connectivity index (χ2n) is 6.87. The molecule has 0 saturated heterocycles. The summed E-state index contributed by atoms with van der Waals surface area (Å²) in [5, 5.41) is 5.82. The highest BCUT2D eigenvalue weighted by Crippen LogP contribution is 2.31. The number of carbonyl (C=O) groups excluding carboxylic acids is 1. The third kappa shape index (κ3) is 4.87. The fourth-order valence-electron chi connectivity index (χ4n) is 3.12. The molecule has 4 N–H and O–H groups in total. The topological polar surface area (TPSA) is 111 Å². The summed E-state index contributed by atoms with van der Waals surface area (Å²) >= 11 is 0. The van der Waals surface area contributed by atoms with Gasteiger partial charge in [-0.25, -0.2) is 8.42 Å². The average molecular weight is 440 g/mol. The summed E-state index contributed by atoms with van der Waals surface area (Å²) < 4.78 is 32.1. The number of anilines is 2. The number of hydrogen-bond donors (Lipinski definition) is 3. The van der Waals surface area contributed by atoms with Gasteiger partial charge in [-0.1, -0.05) is 35.9 Å². The van der Waals surface area contributed by atoms with Gasteiger partial charge in [0, 0.05) is 18.8 Å². The number of rotatable bonds is 8. The molecule has 0 aliphatic carbocycles. The minimum atomic E-state index is -3.95. The first kappa shape index (κ1) is 22.3. The van der Waals surface area contributed by atoms with Crippen molar-refractivity contribution in [3.05, 3.63) is 77.9 Å². The average Bonchev–Trinajstić information content (AvgIpc) is 2.78. The molecule has 8 heteroatoms. The van der Waals surface area contributed by atoms with E-state index in [0.717, 1.165) is 5.56 Å². The lowest BCUT2D eigenvalue weighted by Crippen LogP contribution is -2.21. The van der Waals surface area contributed by atoms with Crippen LogP contribution >= 0.6 is 0 Å². The van der Waals surface area contributed by atoms with E-state index in [4.69, 9.17) is 10.5 Å². The van der Waals surface area contributed by atoms with Crippen LogP contribution < -0.4 is 21.1 Å². The standard InChI is InChI=1S/C23H25N3O4S/c1-16-10-12-17(13-11-16)31(28,29)21-9-5-7-19(25-15-14-24)22(21)23(27)26-18-6-3-4-8-20(18)30-2/h3-13,25H,14-15,24H2,1-2H3,(H,26,27). The third-order valence-corrected chi connectivity index (χ3v) is 6.50. The number of sulfone groups is 1. The van der Waals surface area contributed by atoms with Gasteiger partial charge in [0.05, 0.1) is 28.2 Å². The molecular formula is C23H25N3O4S. The Bertz CT molecular complexity index is 1180. The number of aryl methyl sites for hydroxylation is 1. The van der Waals surface area contributed by atoms with E-state index in [1.54, 1.807) is 48.5 Å². The fraction of sp³-hybridized carbons (Fsp3) is 0.174. The molecule has 0 heterocycles. The molecule has 1 amide bonds.